The number of carbonyl (C=O) groups is 2. The van der Waals surface area contributed by atoms with Crippen LogP contribution in [-0.2, 0) is 0 Å². The highest BCUT2D eigenvalue weighted by molar-refractivity contribution is 6.31. The normalized spacial score (nSPS) is 9.47. The molecule has 0 fully saturated rings. The van der Waals surface area contributed by atoms with Gasteiger partial charge in [-0.15, -0.1) is 0 Å². The zero-order valence-corrected chi connectivity index (χ0v) is 8.76. The van der Waals surface area contributed by atoms with Crippen LogP contribution >= 0.6 is 11.6 Å². The lowest BCUT2D eigenvalue weighted by molar-refractivity contribution is 0.0937. The van der Waals surface area contributed by atoms with Crippen LogP contribution in [0.15, 0.2) is 18.2 Å². The van der Waals surface area contributed by atoms with Crippen molar-refractivity contribution in [3.8, 4) is 0 Å². The van der Waals surface area contributed by atoms with Crippen molar-refractivity contribution in [3.63, 3.8) is 0 Å². The average Bonchev–Trinajstić information content (AvgIpc) is 2.12. The summed E-state index contributed by atoms with van der Waals surface area (Å²) < 4.78 is 0. The first-order valence-electron chi connectivity index (χ1n) is 4.12. The number of nitrogens with one attached hydrogen (secondary N) is 2. The van der Waals surface area contributed by atoms with Gasteiger partial charge in [-0.1, -0.05) is 11.6 Å². The molecule has 15 heavy (non-hydrogen) atoms. The van der Waals surface area contributed by atoms with Gasteiger partial charge >= 0.3 is 6.03 Å². The van der Waals surface area contributed by atoms with Gasteiger partial charge in [-0.2, -0.15) is 0 Å². The molecule has 5 nitrogen and oxygen atoms in total. The summed E-state index contributed by atoms with van der Waals surface area (Å²) in [6.45, 7) is 1.81. The number of urea groups is 1. The van der Waals surface area contributed by atoms with E-state index in [0.29, 0.717) is 10.6 Å². The van der Waals surface area contributed by atoms with Crippen molar-refractivity contribution in [1.82, 2.24) is 10.9 Å². The second-order valence-corrected chi connectivity index (χ2v) is 3.40. The molecule has 1 rings (SSSR count). The van der Waals surface area contributed by atoms with Crippen molar-refractivity contribution in [1.29, 1.82) is 0 Å². The van der Waals surface area contributed by atoms with Crippen molar-refractivity contribution >= 4 is 23.5 Å². The summed E-state index contributed by atoms with van der Waals surface area (Å²) in [6, 6.07) is 4.03. The van der Waals surface area contributed by atoms with Crippen LogP contribution in [0.25, 0.3) is 0 Å². The summed E-state index contributed by atoms with van der Waals surface area (Å²) >= 11 is 5.76. The van der Waals surface area contributed by atoms with E-state index in [2.05, 4.69) is 5.43 Å². The monoisotopic (exact) mass is 227 g/mol. The third kappa shape index (κ3) is 3.47. The third-order valence-corrected chi connectivity index (χ3v) is 1.82. The summed E-state index contributed by atoms with van der Waals surface area (Å²) in [5.41, 5.74) is 10.1. The van der Waals surface area contributed by atoms with Crippen LogP contribution < -0.4 is 16.6 Å². The number of rotatable bonds is 1. The first kappa shape index (κ1) is 11.3. The third-order valence-electron chi connectivity index (χ3n) is 1.60. The van der Waals surface area contributed by atoms with Crippen LogP contribution in [0.5, 0.6) is 0 Å². The number of aryl methyl sites for hydroxylation is 1. The molecule has 0 heterocycles. The molecule has 0 aromatic heterocycles. The Morgan fingerprint density at radius 3 is 2.47 bits per heavy atom. The van der Waals surface area contributed by atoms with Crippen LogP contribution in [0.4, 0.5) is 4.79 Å². The Hall–Kier alpha value is -1.75. The molecule has 3 amide bonds. The SMILES string of the molecule is Cc1cc(Cl)cc(C(=O)NNC(N)=O)c1. The van der Waals surface area contributed by atoms with Gasteiger partial charge in [0.1, 0.15) is 0 Å². The fourth-order valence-electron chi connectivity index (χ4n) is 1.06. The predicted molar refractivity (Wildman–Crippen MR) is 56.4 cm³/mol. The Balaban J connectivity index is 2.77. The van der Waals surface area contributed by atoms with E-state index < -0.39 is 11.9 Å². The number of hydrogen-bond donors (Lipinski definition) is 3. The summed E-state index contributed by atoms with van der Waals surface area (Å²) in [5.74, 6) is -0.473. The molecule has 0 unspecified atom stereocenters. The molecule has 6 heteroatoms. The summed E-state index contributed by atoms with van der Waals surface area (Å²) in [7, 11) is 0. The van der Waals surface area contributed by atoms with E-state index in [4.69, 9.17) is 17.3 Å². The van der Waals surface area contributed by atoms with E-state index in [1.807, 2.05) is 12.3 Å². The second kappa shape index (κ2) is 4.65. The second-order valence-electron chi connectivity index (χ2n) is 2.96. The molecule has 0 aliphatic carbocycles. The highest BCUT2D eigenvalue weighted by Gasteiger charge is 2.06. The van der Waals surface area contributed by atoms with E-state index in [1.54, 1.807) is 12.1 Å². The maximum Gasteiger partial charge on any atom is 0.330 e. The predicted octanol–water partition coefficient (Wildman–Crippen LogP) is 0.962. The van der Waals surface area contributed by atoms with Crippen molar-refractivity contribution in [2.24, 2.45) is 5.73 Å². The first-order chi connectivity index (χ1) is 6.99. The van der Waals surface area contributed by atoms with Crippen molar-refractivity contribution in [2.45, 2.75) is 6.92 Å². The molecule has 0 saturated heterocycles. The van der Waals surface area contributed by atoms with Crippen molar-refractivity contribution in [2.75, 3.05) is 0 Å². The zero-order chi connectivity index (χ0) is 11.4. The molecule has 1 aromatic rings. The lowest BCUT2D eigenvalue weighted by atomic mass is 10.1. The number of nitrogens with two attached hydrogens (primary N) is 1. The number of hydrogen-bond acceptors (Lipinski definition) is 2. The minimum atomic E-state index is -0.831. The van der Waals surface area contributed by atoms with Gasteiger partial charge in [0.15, 0.2) is 0 Å². The number of carbonyl (C=O) groups excluding carboxylic acids is 2. The van der Waals surface area contributed by atoms with Gasteiger partial charge in [-0.05, 0) is 30.7 Å². The van der Waals surface area contributed by atoms with E-state index in [1.165, 1.54) is 6.07 Å². The molecule has 0 radical (unpaired) electrons. The largest absolute Gasteiger partial charge is 0.350 e. The number of halogens is 1. The first-order valence-corrected chi connectivity index (χ1v) is 4.50. The van der Waals surface area contributed by atoms with Gasteiger partial charge in [-0.3, -0.25) is 10.2 Å². The van der Waals surface area contributed by atoms with Crippen molar-refractivity contribution < 1.29 is 9.59 Å². The molecule has 4 N–H and O–H groups in total. The lowest BCUT2D eigenvalue weighted by Gasteiger charge is -2.05. The highest BCUT2D eigenvalue weighted by Crippen LogP contribution is 2.14. The number of benzene rings is 1. The molecule has 0 saturated carbocycles. The Kier molecular flexibility index (Phi) is 3.51. The van der Waals surface area contributed by atoms with Crippen LogP contribution in [0, 0.1) is 6.92 Å². The van der Waals surface area contributed by atoms with Crippen LogP contribution in [0.1, 0.15) is 15.9 Å². The quantitative estimate of drug-likeness (QED) is 0.625. The maximum atomic E-state index is 11.4. The summed E-state index contributed by atoms with van der Waals surface area (Å²) in [5, 5.41) is 0.458. The van der Waals surface area contributed by atoms with E-state index in [9.17, 15) is 9.59 Å². The van der Waals surface area contributed by atoms with E-state index in [0.717, 1.165) is 5.56 Å². The molecule has 0 spiro atoms. The Morgan fingerprint density at radius 2 is 1.93 bits per heavy atom. The lowest BCUT2D eigenvalue weighted by Crippen LogP contribution is -2.44. The van der Waals surface area contributed by atoms with Gasteiger partial charge in [0.05, 0.1) is 0 Å². The molecule has 0 bridgehead atoms. The maximum absolute atomic E-state index is 11.4. The fourth-order valence-corrected chi connectivity index (χ4v) is 1.35. The minimum Gasteiger partial charge on any atom is -0.350 e. The van der Waals surface area contributed by atoms with E-state index >= 15 is 0 Å². The van der Waals surface area contributed by atoms with Crippen LogP contribution in [-0.4, -0.2) is 11.9 Å². The smallest absolute Gasteiger partial charge is 0.330 e. The molecule has 0 aliphatic heterocycles. The van der Waals surface area contributed by atoms with Crippen LogP contribution in [0.3, 0.4) is 0 Å². The standard InChI is InChI=1S/C9H10ClN3O2/c1-5-2-6(4-7(10)3-5)8(14)12-13-9(11)15/h2-4H,1H3,(H,12,14)(H3,11,13,15). The van der Waals surface area contributed by atoms with Gasteiger partial charge < -0.3 is 5.73 Å². The zero-order valence-electron chi connectivity index (χ0n) is 8.00. The Labute approximate surface area is 91.6 Å². The van der Waals surface area contributed by atoms with Gasteiger partial charge in [0, 0.05) is 10.6 Å². The molecule has 1 aromatic carbocycles. The van der Waals surface area contributed by atoms with Crippen molar-refractivity contribution in [3.05, 3.63) is 34.3 Å². The molecular formula is C9H10ClN3O2. The molecule has 80 valence electrons. The summed E-state index contributed by atoms with van der Waals surface area (Å²) in [6.07, 6.45) is 0. The number of hydrazine groups is 1. The number of primary amides is 1. The molecule has 0 aliphatic rings. The fraction of sp³-hybridized carbons (Fsp3) is 0.111. The Bertz CT molecular complexity index is 386. The average molecular weight is 228 g/mol. The topological polar surface area (TPSA) is 84.2 Å². The Morgan fingerprint density at radius 1 is 1.27 bits per heavy atom. The van der Waals surface area contributed by atoms with Gasteiger partial charge in [0.2, 0.25) is 0 Å². The van der Waals surface area contributed by atoms with Gasteiger partial charge in [-0.25, -0.2) is 10.2 Å². The molecular weight excluding hydrogens is 218 g/mol. The van der Waals surface area contributed by atoms with Gasteiger partial charge in [0.25, 0.3) is 5.91 Å². The number of amides is 3. The minimum absolute atomic E-state index is 0.355. The molecule has 0 atom stereocenters. The van der Waals surface area contributed by atoms with E-state index in [-0.39, 0.29) is 0 Å². The highest BCUT2D eigenvalue weighted by atomic mass is 35.5. The summed E-state index contributed by atoms with van der Waals surface area (Å²) in [4.78, 5) is 21.8. The van der Waals surface area contributed by atoms with Crippen LogP contribution in [0.2, 0.25) is 5.02 Å².